The molecule has 2 aliphatic heterocycles. The van der Waals surface area contributed by atoms with Crippen LogP contribution in [0.5, 0.6) is 0 Å². The van der Waals surface area contributed by atoms with E-state index in [-0.39, 0.29) is 0 Å². The molecule has 0 N–H and O–H groups in total. The lowest BCUT2D eigenvalue weighted by Crippen LogP contribution is -2.62. The fraction of sp³-hybridized carbons (Fsp3) is 0.0714. The predicted molar refractivity (Wildman–Crippen MR) is 372 cm³/mol. The molecule has 13 aromatic rings. The Morgan fingerprint density at radius 3 is 0.822 bits per heavy atom. The second-order valence-corrected chi connectivity index (χ2v) is 24.7. The van der Waals surface area contributed by atoms with E-state index in [2.05, 4.69) is 262 Å². The second-order valence-electron chi connectivity index (χ2n) is 24.7. The van der Waals surface area contributed by atoms with Crippen LogP contribution in [-0.4, -0.2) is 6.71 Å². The van der Waals surface area contributed by atoms with E-state index in [0.717, 1.165) is 123 Å². The molecule has 0 bridgehead atoms. The molecule has 0 saturated carbocycles. The van der Waals surface area contributed by atoms with Crippen molar-refractivity contribution >= 4 is 57.2 Å². The second kappa shape index (κ2) is 22.5. The van der Waals surface area contributed by atoms with Gasteiger partial charge in [-0.3, -0.25) is 0 Å². The number of fused-ring (bicyclic) bond motifs is 4. The zero-order valence-corrected chi connectivity index (χ0v) is 50.5. The van der Waals surface area contributed by atoms with Crippen molar-refractivity contribution in [3.8, 4) is 89.0 Å². The van der Waals surface area contributed by atoms with Gasteiger partial charge in [0.1, 0.15) is 0 Å². The summed E-state index contributed by atoms with van der Waals surface area (Å²) < 4.78 is 48.1. The SMILES string of the molecule is Cc1cc(-c2ccccc2)c(N2c3cc(-c4ccccc4)cc(-c4ccccc4)c3B3c4c(-c5ccccc5)cc(-c5ccccc5)cc4N(c4c(-c5ccccc5)cc(C(F)(F)F)cc4-c4ccccc4)c4cc(C(C)(C)C)cc2c43)c(-c2ccccc2)c1. The molecule has 0 atom stereocenters. The van der Waals surface area contributed by atoms with Crippen LogP contribution in [-0.2, 0) is 11.6 Å². The van der Waals surface area contributed by atoms with Crippen LogP contribution < -0.4 is 26.2 Å². The number of alkyl halides is 3. The molecule has 90 heavy (non-hydrogen) atoms. The van der Waals surface area contributed by atoms with Crippen molar-refractivity contribution in [1.82, 2.24) is 0 Å². The predicted octanol–water partition coefficient (Wildman–Crippen LogP) is 21.7. The fourth-order valence-electron chi connectivity index (χ4n) is 13.9. The van der Waals surface area contributed by atoms with Gasteiger partial charge in [0, 0.05) is 45.0 Å². The Hall–Kier alpha value is -10.7. The third kappa shape index (κ3) is 9.90. The molecule has 432 valence electrons. The molecule has 0 fully saturated rings. The van der Waals surface area contributed by atoms with Crippen LogP contribution >= 0.6 is 0 Å². The number of hydrogen-bond acceptors (Lipinski definition) is 2. The third-order valence-electron chi connectivity index (χ3n) is 18.0. The zero-order valence-electron chi connectivity index (χ0n) is 50.5. The van der Waals surface area contributed by atoms with Gasteiger partial charge in [-0.2, -0.15) is 13.2 Å². The topological polar surface area (TPSA) is 6.48 Å². The highest BCUT2D eigenvalue weighted by Crippen LogP contribution is 2.56. The Bertz CT molecular complexity index is 4700. The minimum Gasteiger partial charge on any atom is -0.310 e. The van der Waals surface area contributed by atoms with Gasteiger partial charge in [0.25, 0.3) is 6.71 Å². The minimum atomic E-state index is -4.68. The van der Waals surface area contributed by atoms with Crippen LogP contribution in [0.25, 0.3) is 89.0 Å². The van der Waals surface area contributed by atoms with Crippen molar-refractivity contribution in [1.29, 1.82) is 0 Å². The van der Waals surface area contributed by atoms with Gasteiger partial charge < -0.3 is 9.80 Å². The summed E-state index contributed by atoms with van der Waals surface area (Å²) in [4.78, 5) is 4.95. The van der Waals surface area contributed by atoms with E-state index in [1.807, 2.05) is 66.7 Å². The quantitative estimate of drug-likeness (QED) is 0.126. The Morgan fingerprint density at radius 2 is 0.533 bits per heavy atom. The lowest BCUT2D eigenvalue weighted by atomic mass is 9.31. The van der Waals surface area contributed by atoms with E-state index in [4.69, 9.17) is 0 Å². The van der Waals surface area contributed by atoms with Gasteiger partial charge in [0.15, 0.2) is 0 Å². The first-order valence-corrected chi connectivity index (χ1v) is 30.8. The van der Waals surface area contributed by atoms with E-state index in [1.165, 1.54) is 12.1 Å². The molecule has 0 aliphatic carbocycles. The molecule has 0 amide bonds. The summed E-state index contributed by atoms with van der Waals surface area (Å²) in [5.74, 6) is 0. The van der Waals surface area contributed by atoms with E-state index < -0.39 is 23.9 Å². The zero-order chi connectivity index (χ0) is 61.3. The van der Waals surface area contributed by atoms with Gasteiger partial charge in [0.05, 0.1) is 16.9 Å². The van der Waals surface area contributed by atoms with Gasteiger partial charge in [-0.1, -0.05) is 263 Å². The summed E-state index contributed by atoms with van der Waals surface area (Å²) in [6.45, 7) is 8.52. The van der Waals surface area contributed by atoms with Crippen molar-refractivity contribution in [2.45, 2.75) is 39.3 Å². The van der Waals surface area contributed by atoms with E-state index >= 15 is 13.2 Å². The van der Waals surface area contributed by atoms with Crippen molar-refractivity contribution in [3.63, 3.8) is 0 Å². The molecule has 0 aromatic heterocycles. The normalized spacial score (nSPS) is 12.5. The van der Waals surface area contributed by atoms with Crippen LogP contribution in [0.4, 0.5) is 47.3 Å². The van der Waals surface area contributed by atoms with Gasteiger partial charge >= 0.3 is 6.18 Å². The average Bonchev–Trinajstić information content (AvgIpc) is 0.710. The van der Waals surface area contributed by atoms with Gasteiger partial charge in [0.2, 0.25) is 0 Å². The summed E-state index contributed by atoms with van der Waals surface area (Å²) in [6, 6.07) is 105. The monoisotopic (exact) mass is 1170 g/mol. The summed E-state index contributed by atoms with van der Waals surface area (Å²) in [6.07, 6.45) is -4.68. The number of halogens is 3. The molecule has 2 nitrogen and oxygen atoms in total. The smallest absolute Gasteiger partial charge is 0.310 e. The molecule has 0 saturated heterocycles. The Balaban J connectivity index is 1.21. The van der Waals surface area contributed by atoms with Crippen LogP contribution in [0.15, 0.2) is 303 Å². The summed E-state index contributed by atoms with van der Waals surface area (Å²) >= 11 is 0. The van der Waals surface area contributed by atoms with Crippen LogP contribution in [0, 0.1) is 6.92 Å². The molecule has 0 unspecified atom stereocenters. The standard InChI is InChI=1S/C84H62BF3N2/c1-55-45-70(60-37-21-9-22-38-60)81(71(46-55)61-39-23-10-24-40-61)89-74-49-64(56-29-13-5-14-30-56)47-68(58-33-17-7-18-34-58)78(74)85-79-69(59-35-19-8-20-36-59)48-65(57-31-15-6-16-32-57)50-75(79)90(77-54-66(83(2,3)4)53-76(89)80(77)85)82-72(62-41-25-11-26-42-62)51-67(84(86,87)88)52-73(82)63-43-27-12-28-44-63/h5-54H,1-4H3. The number of nitrogens with zero attached hydrogens (tertiary/aromatic N) is 2. The molecule has 6 heteroatoms. The highest BCUT2D eigenvalue weighted by Gasteiger charge is 2.49. The summed E-state index contributed by atoms with van der Waals surface area (Å²) in [5.41, 5.74) is 24.4. The van der Waals surface area contributed by atoms with E-state index in [0.29, 0.717) is 27.9 Å². The first-order chi connectivity index (χ1) is 43.9. The van der Waals surface area contributed by atoms with Gasteiger partial charge in [-0.05, 0) is 167 Å². The van der Waals surface area contributed by atoms with Gasteiger partial charge in [-0.15, -0.1) is 0 Å². The maximum absolute atomic E-state index is 16.0. The molecule has 13 aromatic carbocycles. The maximum atomic E-state index is 16.0. The number of anilines is 6. The molecular weight excluding hydrogens is 1100 g/mol. The maximum Gasteiger partial charge on any atom is 0.416 e. The lowest BCUT2D eigenvalue weighted by Gasteiger charge is -2.48. The van der Waals surface area contributed by atoms with Crippen molar-refractivity contribution < 1.29 is 13.2 Å². The first-order valence-electron chi connectivity index (χ1n) is 30.8. The number of hydrogen-bond donors (Lipinski definition) is 0. The largest absolute Gasteiger partial charge is 0.416 e. The van der Waals surface area contributed by atoms with Crippen LogP contribution in [0.2, 0.25) is 0 Å². The average molecular weight is 1170 g/mol. The van der Waals surface area contributed by atoms with Gasteiger partial charge in [-0.25, -0.2) is 0 Å². The van der Waals surface area contributed by atoms with Crippen LogP contribution in [0.3, 0.4) is 0 Å². The van der Waals surface area contributed by atoms with Crippen molar-refractivity contribution in [2.75, 3.05) is 9.80 Å². The van der Waals surface area contributed by atoms with Crippen molar-refractivity contribution in [3.05, 3.63) is 320 Å². The number of rotatable bonds is 10. The molecular formula is C84H62BF3N2. The van der Waals surface area contributed by atoms with Crippen LogP contribution in [0.1, 0.15) is 37.5 Å². The van der Waals surface area contributed by atoms with E-state index in [9.17, 15) is 0 Å². The third-order valence-corrected chi connectivity index (χ3v) is 18.0. The summed E-state index contributed by atoms with van der Waals surface area (Å²) in [5, 5.41) is 0. The summed E-state index contributed by atoms with van der Waals surface area (Å²) in [7, 11) is 0. The van der Waals surface area contributed by atoms with E-state index in [1.54, 1.807) is 0 Å². The molecule has 0 spiro atoms. The molecule has 2 aliphatic rings. The minimum absolute atomic E-state index is 0.455. The molecule has 15 rings (SSSR count). The number of aryl methyl sites for hydroxylation is 1. The Kier molecular flexibility index (Phi) is 14.0. The lowest BCUT2D eigenvalue weighted by molar-refractivity contribution is -0.137. The number of benzene rings is 13. The fourth-order valence-corrected chi connectivity index (χ4v) is 13.9. The first kappa shape index (κ1) is 55.9. The molecule has 2 heterocycles. The Morgan fingerprint density at radius 1 is 0.267 bits per heavy atom. The van der Waals surface area contributed by atoms with Crippen molar-refractivity contribution in [2.24, 2.45) is 0 Å². The molecule has 0 radical (unpaired) electrons. The Labute approximate surface area is 525 Å². The highest BCUT2D eigenvalue weighted by molar-refractivity contribution is 7.02. The highest BCUT2D eigenvalue weighted by atomic mass is 19.4.